The van der Waals surface area contributed by atoms with Crippen LogP contribution in [0.2, 0.25) is 0 Å². The van der Waals surface area contributed by atoms with Gasteiger partial charge in [0.15, 0.2) is 11.0 Å². The molecule has 1 aromatic carbocycles. The number of aromatic nitrogens is 6. The smallest absolute Gasteiger partial charge is 0.262 e. The minimum absolute atomic E-state index is 0.0331. The van der Waals surface area contributed by atoms with Crippen LogP contribution in [0, 0.1) is 5.92 Å². The maximum atomic E-state index is 13.1. The molecular formula is C21H26N6O2S. The molecular weight excluding hydrogens is 400 g/mol. The molecule has 0 aliphatic heterocycles. The maximum absolute atomic E-state index is 13.1. The zero-order valence-electron chi connectivity index (χ0n) is 17.9. The summed E-state index contributed by atoms with van der Waals surface area (Å²) in [4.78, 5) is 17.6. The van der Waals surface area contributed by atoms with E-state index >= 15 is 0 Å². The van der Waals surface area contributed by atoms with Gasteiger partial charge in [-0.2, -0.15) is 4.98 Å². The number of hydrogen-bond donors (Lipinski definition) is 0. The number of hydrogen-bond acceptors (Lipinski definition) is 7. The summed E-state index contributed by atoms with van der Waals surface area (Å²) in [6, 6.07) is 7.59. The number of thioether (sulfide) groups is 1. The third-order valence-corrected chi connectivity index (χ3v) is 6.04. The molecule has 30 heavy (non-hydrogen) atoms. The van der Waals surface area contributed by atoms with Gasteiger partial charge in [0.2, 0.25) is 11.7 Å². The molecule has 0 bridgehead atoms. The van der Waals surface area contributed by atoms with Crippen LogP contribution in [0.25, 0.3) is 16.7 Å². The Morgan fingerprint density at radius 2 is 1.87 bits per heavy atom. The molecule has 0 N–H and O–H groups in total. The second-order valence-corrected chi connectivity index (χ2v) is 9.49. The third kappa shape index (κ3) is 3.74. The van der Waals surface area contributed by atoms with E-state index in [-0.39, 0.29) is 16.7 Å². The van der Waals surface area contributed by atoms with Crippen molar-refractivity contribution < 1.29 is 4.52 Å². The molecule has 0 aliphatic rings. The van der Waals surface area contributed by atoms with Crippen LogP contribution in [0.1, 0.15) is 63.9 Å². The maximum Gasteiger partial charge on any atom is 0.262 e. The molecule has 3 heterocycles. The zero-order valence-corrected chi connectivity index (χ0v) is 18.7. The van der Waals surface area contributed by atoms with Crippen LogP contribution in [-0.4, -0.2) is 29.3 Å². The van der Waals surface area contributed by atoms with E-state index in [0.717, 1.165) is 11.9 Å². The molecule has 158 valence electrons. The normalized spacial score (nSPS) is 13.2. The number of para-hydroxylation sites is 1. The fourth-order valence-electron chi connectivity index (χ4n) is 3.25. The lowest BCUT2D eigenvalue weighted by molar-refractivity contribution is 0.373. The highest BCUT2D eigenvalue weighted by Crippen LogP contribution is 2.34. The average molecular weight is 427 g/mol. The number of aryl methyl sites for hydroxylation is 1. The van der Waals surface area contributed by atoms with Gasteiger partial charge in [0.05, 0.1) is 16.2 Å². The Bertz CT molecular complexity index is 1240. The van der Waals surface area contributed by atoms with Crippen molar-refractivity contribution in [2.75, 3.05) is 0 Å². The lowest BCUT2D eigenvalue weighted by atomic mass is 10.1. The molecule has 1 atom stereocenters. The summed E-state index contributed by atoms with van der Waals surface area (Å²) in [5, 5.41) is 14.1. The second-order valence-electron chi connectivity index (χ2n) is 8.18. The van der Waals surface area contributed by atoms with Crippen LogP contribution >= 0.6 is 11.8 Å². The fourth-order valence-corrected chi connectivity index (χ4v) is 4.14. The SMILES string of the molecule is CC(C)CCn1c(=O)c2ccccc2n2c(SC(C)c3nc(C(C)C)no3)nnc12. The molecule has 0 fully saturated rings. The van der Waals surface area contributed by atoms with E-state index in [4.69, 9.17) is 4.52 Å². The van der Waals surface area contributed by atoms with E-state index in [2.05, 4.69) is 34.2 Å². The fraction of sp³-hybridized carbons (Fsp3) is 0.476. The highest BCUT2D eigenvalue weighted by atomic mass is 32.2. The summed E-state index contributed by atoms with van der Waals surface area (Å²) in [5.41, 5.74) is 0.764. The Kier molecular flexibility index (Phi) is 5.64. The first kappa shape index (κ1) is 20.6. The quantitative estimate of drug-likeness (QED) is 0.403. The van der Waals surface area contributed by atoms with E-state index in [1.54, 1.807) is 4.57 Å². The molecule has 0 aliphatic carbocycles. The van der Waals surface area contributed by atoms with Gasteiger partial charge in [0, 0.05) is 12.5 Å². The highest BCUT2D eigenvalue weighted by molar-refractivity contribution is 7.99. The molecule has 0 amide bonds. The van der Waals surface area contributed by atoms with Crippen LogP contribution in [0.4, 0.5) is 0 Å². The van der Waals surface area contributed by atoms with E-state index in [1.807, 2.05) is 49.4 Å². The molecule has 4 aromatic rings. The van der Waals surface area contributed by atoms with E-state index in [1.165, 1.54) is 11.8 Å². The molecule has 0 spiro atoms. The third-order valence-electron chi connectivity index (χ3n) is 5.01. The van der Waals surface area contributed by atoms with Gasteiger partial charge in [-0.05, 0) is 31.4 Å². The first-order valence-corrected chi connectivity index (χ1v) is 11.1. The van der Waals surface area contributed by atoms with E-state index in [0.29, 0.717) is 40.5 Å². The predicted molar refractivity (Wildman–Crippen MR) is 117 cm³/mol. The standard InChI is InChI=1S/C21H26N6O2S/c1-12(2)10-11-26-19(28)15-8-6-7-9-16(15)27-20(26)23-24-21(27)30-14(5)18-22-17(13(3)4)25-29-18/h6-9,12-14H,10-11H2,1-5H3. The Morgan fingerprint density at radius 3 is 2.57 bits per heavy atom. The number of benzene rings is 1. The van der Waals surface area contributed by atoms with Gasteiger partial charge in [-0.15, -0.1) is 10.2 Å². The van der Waals surface area contributed by atoms with Gasteiger partial charge >= 0.3 is 0 Å². The Labute approximate surface area is 178 Å². The molecule has 0 saturated carbocycles. The van der Waals surface area contributed by atoms with Crippen molar-refractivity contribution in [3.63, 3.8) is 0 Å². The van der Waals surface area contributed by atoms with Gasteiger partial charge in [-0.25, -0.2) is 0 Å². The van der Waals surface area contributed by atoms with Gasteiger partial charge in [0.1, 0.15) is 0 Å². The molecule has 1 unspecified atom stereocenters. The van der Waals surface area contributed by atoms with Crippen LogP contribution in [0.15, 0.2) is 38.7 Å². The zero-order chi connectivity index (χ0) is 21.4. The summed E-state index contributed by atoms with van der Waals surface area (Å²) in [6.07, 6.45) is 0.889. The summed E-state index contributed by atoms with van der Waals surface area (Å²) >= 11 is 1.49. The second kappa shape index (κ2) is 8.22. The number of rotatable bonds is 7. The van der Waals surface area contributed by atoms with Gasteiger partial charge < -0.3 is 4.52 Å². The average Bonchev–Trinajstić information content (AvgIpc) is 3.36. The molecule has 4 rings (SSSR count). The minimum Gasteiger partial charge on any atom is -0.338 e. The van der Waals surface area contributed by atoms with Crippen molar-refractivity contribution in [3.8, 4) is 0 Å². The van der Waals surface area contributed by atoms with Gasteiger partial charge in [0.25, 0.3) is 5.56 Å². The lowest BCUT2D eigenvalue weighted by Crippen LogP contribution is -2.24. The number of nitrogens with zero attached hydrogens (tertiary/aromatic N) is 6. The summed E-state index contributed by atoms with van der Waals surface area (Å²) in [5.74, 6) is 2.48. The minimum atomic E-state index is -0.104. The van der Waals surface area contributed by atoms with Crippen LogP contribution in [0.5, 0.6) is 0 Å². The number of fused-ring (bicyclic) bond motifs is 3. The Balaban J connectivity index is 1.80. The molecule has 3 aromatic heterocycles. The predicted octanol–water partition coefficient (Wildman–Crippen LogP) is 4.45. The van der Waals surface area contributed by atoms with Gasteiger partial charge in [-0.1, -0.05) is 56.7 Å². The van der Waals surface area contributed by atoms with Crippen molar-refractivity contribution in [2.24, 2.45) is 5.92 Å². The molecule has 0 saturated heterocycles. The lowest BCUT2D eigenvalue weighted by Gasteiger charge is -2.12. The van der Waals surface area contributed by atoms with Crippen LogP contribution in [-0.2, 0) is 6.54 Å². The summed E-state index contributed by atoms with van der Waals surface area (Å²) in [6.45, 7) is 10.9. The Morgan fingerprint density at radius 1 is 1.10 bits per heavy atom. The first-order chi connectivity index (χ1) is 14.4. The van der Waals surface area contributed by atoms with E-state index < -0.39 is 0 Å². The Hall–Kier alpha value is -2.68. The van der Waals surface area contributed by atoms with Crippen LogP contribution < -0.4 is 5.56 Å². The molecule has 9 heteroatoms. The first-order valence-electron chi connectivity index (χ1n) is 10.2. The summed E-state index contributed by atoms with van der Waals surface area (Å²) < 4.78 is 9.14. The van der Waals surface area contributed by atoms with Crippen LogP contribution in [0.3, 0.4) is 0 Å². The topological polar surface area (TPSA) is 91.1 Å². The highest BCUT2D eigenvalue weighted by Gasteiger charge is 2.22. The van der Waals surface area contributed by atoms with Crippen molar-refractivity contribution >= 4 is 28.4 Å². The van der Waals surface area contributed by atoms with Gasteiger partial charge in [-0.3, -0.25) is 13.8 Å². The molecule has 8 nitrogen and oxygen atoms in total. The van der Waals surface area contributed by atoms with E-state index in [9.17, 15) is 4.79 Å². The van der Waals surface area contributed by atoms with Crippen molar-refractivity contribution in [1.29, 1.82) is 0 Å². The summed E-state index contributed by atoms with van der Waals surface area (Å²) in [7, 11) is 0. The van der Waals surface area contributed by atoms with Crippen molar-refractivity contribution in [3.05, 3.63) is 46.3 Å². The largest absolute Gasteiger partial charge is 0.338 e. The van der Waals surface area contributed by atoms with Crippen molar-refractivity contribution in [1.82, 2.24) is 29.3 Å². The molecule has 0 radical (unpaired) electrons. The monoisotopic (exact) mass is 426 g/mol. The van der Waals surface area contributed by atoms with Crippen molar-refractivity contribution in [2.45, 2.75) is 63.9 Å².